The monoisotopic (exact) mass is 287 g/mol. The molecule has 0 atom stereocenters. The van der Waals surface area contributed by atoms with Gasteiger partial charge in [0.1, 0.15) is 6.26 Å². The molecule has 0 fully saturated rings. The van der Waals surface area contributed by atoms with Gasteiger partial charge in [-0.1, -0.05) is 0 Å². The molecule has 2 aromatic rings. The van der Waals surface area contributed by atoms with Crippen LogP contribution in [-0.2, 0) is 6.18 Å². The molecular formula is C12H8F3NO2S. The van der Waals surface area contributed by atoms with Gasteiger partial charge in [-0.15, -0.1) is 0 Å². The number of hydrogen-bond donors (Lipinski definition) is 0. The van der Waals surface area contributed by atoms with Gasteiger partial charge in [0.15, 0.2) is 6.29 Å². The Morgan fingerprint density at radius 1 is 1.37 bits per heavy atom. The molecule has 19 heavy (non-hydrogen) atoms. The molecule has 1 heterocycles. The van der Waals surface area contributed by atoms with Crippen molar-refractivity contribution >= 4 is 18.0 Å². The molecule has 2 rings (SSSR count). The van der Waals surface area contributed by atoms with Crippen molar-refractivity contribution in [3.8, 4) is 0 Å². The van der Waals surface area contributed by atoms with Gasteiger partial charge >= 0.3 is 6.18 Å². The Morgan fingerprint density at radius 2 is 2.11 bits per heavy atom. The maximum atomic E-state index is 12.8. The van der Waals surface area contributed by atoms with Crippen molar-refractivity contribution in [2.75, 3.05) is 0 Å². The number of rotatable bonds is 3. The number of oxazole rings is 1. The Bertz CT molecular complexity index is 607. The van der Waals surface area contributed by atoms with E-state index in [0.29, 0.717) is 10.6 Å². The first kappa shape index (κ1) is 13.7. The lowest BCUT2D eigenvalue weighted by Crippen LogP contribution is -2.08. The standard InChI is InChI=1S/C12H8F3NO2S/c1-7-6-18-11(16-7)19-9-3-2-8(5-17)10(4-9)12(13,14)15/h2-6H,1H3. The van der Waals surface area contributed by atoms with Crippen LogP contribution in [0.5, 0.6) is 0 Å². The molecule has 0 aliphatic rings. The summed E-state index contributed by atoms with van der Waals surface area (Å²) in [6.45, 7) is 1.71. The fraction of sp³-hybridized carbons (Fsp3) is 0.167. The molecule has 3 nitrogen and oxygen atoms in total. The molecule has 0 aliphatic heterocycles. The van der Waals surface area contributed by atoms with Gasteiger partial charge in [0.2, 0.25) is 0 Å². The van der Waals surface area contributed by atoms with Gasteiger partial charge in [-0.2, -0.15) is 13.2 Å². The van der Waals surface area contributed by atoms with Crippen LogP contribution in [0.2, 0.25) is 0 Å². The number of nitrogens with zero attached hydrogens (tertiary/aromatic N) is 1. The molecule has 0 saturated carbocycles. The number of halogens is 3. The molecule has 0 N–H and O–H groups in total. The molecule has 0 radical (unpaired) electrons. The van der Waals surface area contributed by atoms with Crippen LogP contribution >= 0.6 is 11.8 Å². The minimum absolute atomic E-state index is 0.187. The molecular weight excluding hydrogens is 279 g/mol. The van der Waals surface area contributed by atoms with E-state index in [0.717, 1.165) is 23.9 Å². The van der Waals surface area contributed by atoms with Crippen LogP contribution in [0.15, 0.2) is 39.0 Å². The van der Waals surface area contributed by atoms with E-state index in [1.165, 1.54) is 12.3 Å². The Hall–Kier alpha value is -1.76. The van der Waals surface area contributed by atoms with Crippen molar-refractivity contribution < 1.29 is 22.4 Å². The van der Waals surface area contributed by atoms with Crippen LogP contribution in [-0.4, -0.2) is 11.3 Å². The Morgan fingerprint density at radius 3 is 2.63 bits per heavy atom. The predicted molar refractivity (Wildman–Crippen MR) is 62.2 cm³/mol. The summed E-state index contributed by atoms with van der Waals surface area (Å²) in [5, 5.41) is 0.254. The number of carbonyl (C=O) groups excluding carboxylic acids is 1. The van der Waals surface area contributed by atoms with Gasteiger partial charge < -0.3 is 4.42 Å². The minimum Gasteiger partial charge on any atom is -0.439 e. The quantitative estimate of drug-likeness (QED) is 0.801. The van der Waals surface area contributed by atoms with Crippen molar-refractivity contribution in [2.45, 2.75) is 23.2 Å². The lowest BCUT2D eigenvalue weighted by molar-refractivity contribution is -0.138. The fourth-order valence-corrected chi connectivity index (χ4v) is 2.23. The van der Waals surface area contributed by atoms with Gasteiger partial charge in [-0.3, -0.25) is 4.79 Å². The van der Waals surface area contributed by atoms with E-state index in [4.69, 9.17) is 4.42 Å². The second kappa shape index (κ2) is 5.08. The van der Waals surface area contributed by atoms with Gasteiger partial charge in [-0.05, 0) is 36.9 Å². The van der Waals surface area contributed by atoms with Crippen LogP contribution in [0, 0.1) is 6.92 Å². The van der Waals surface area contributed by atoms with E-state index in [9.17, 15) is 18.0 Å². The first-order valence-corrected chi connectivity index (χ1v) is 5.98. The predicted octanol–water partition coefficient (Wildman–Crippen LogP) is 3.97. The van der Waals surface area contributed by atoms with Gasteiger partial charge in [0.25, 0.3) is 5.22 Å². The summed E-state index contributed by atoms with van der Waals surface area (Å²) in [7, 11) is 0. The topological polar surface area (TPSA) is 43.1 Å². The third-order valence-corrected chi connectivity index (χ3v) is 3.11. The lowest BCUT2D eigenvalue weighted by atomic mass is 10.1. The number of carbonyl (C=O) groups is 1. The normalized spacial score (nSPS) is 11.6. The first-order chi connectivity index (χ1) is 8.90. The smallest absolute Gasteiger partial charge is 0.417 e. The summed E-state index contributed by atoms with van der Waals surface area (Å²) in [5.41, 5.74) is -0.709. The highest BCUT2D eigenvalue weighted by molar-refractivity contribution is 7.99. The van der Waals surface area contributed by atoms with E-state index in [1.807, 2.05) is 0 Å². The maximum absolute atomic E-state index is 12.8. The fourth-order valence-electron chi connectivity index (χ4n) is 1.43. The van der Waals surface area contributed by atoms with Crippen molar-refractivity contribution in [1.29, 1.82) is 0 Å². The summed E-state index contributed by atoms with van der Waals surface area (Å²) < 4.78 is 43.3. The Balaban J connectivity index is 2.35. The third-order valence-electron chi connectivity index (χ3n) is 2.26. The highest BCUT2D eigenvalue weighted by atomic mass is 32.2. The highest BCUT2D eigenvalue weighted by Gasteiger charge is 2.33. The van der Waals surface area contributed by atoms with Gasteiger partial charge in [0, 0.05) is 10.5 Å². The van der Waals surface area contributed by atoms with Gasteiger partial charge in [-0.25, -0.2) is 4.98 Å². The second-order valence-electron chi connectivity index (χ2n) is 3.72. The van der Waals surface area contributed by atoms with Crippen LogP contribution in [0.3, 0.4) is 0 Å². The number of aryl methyl sites for hydroxylation is 1. The van der Waals surface area contributed by atoms with E-state index in [1.54, 1.807) is 6.92 Å². The number of alkyl halides is 3. The first-order valence-electron chi connectivity index (χ1n) is 5.16. The molecule has 0 amide bonds. The molecule has 0 saturated heterocycles. The summed E-state index contributed by atoms with van der Waals surface area (Å²) in [6.07, 6.45) is -2.97. The Labute approximate surface area is 110 Å². The summed E-state index contributed by atoms with van der Waals surface area (Å²) in [5.74, 6) is 0. The molecule has 100 valence electrons. The van der Waals surface area contributed by atoms with Crippen molar-refractivity contribution in [3.63, 3.8) is 0 Å². The largest absolute Gasteiger partial charge is 0.439 e. The van der Waals surface area contributed by atoms with Crippen molar-refractivity contribution in [2.24, 2.45) is 0 Å². The minimum atomic E-state index is -4.57. The van der Waals surface area contributed by atoms with Crippen molar-refractivity contribution in [3.05, 3.63) is 41.3 Å². The van der Waals surface area contributed by atoms with Crippen LogP contribution in [0.1, 0.15) is 21.6 Å². The molecule has 0 unspecified atom stereocenters. The highest BCUT2D eigenvalue weighted by Crippen LogP contribution is 2.35. The average Bonchev–Trinajstić information content (AvgIpc) is 2.73. The zero-order valence-electron chi connectivity index (χ0n) is 9.69. The second-order valence-corrected chi connectivity index (χ2v) is 4.75. The van der Waals surface area contributed by atoms with Crippen LogP contribution in [0.4, 0.5) is 13.2 Å². The molecule has 1 aromatic heterocycles. The number of aromatic nitrogens is 1. The summed E-state index contributed by atoms with van der Waals surface area (Å²) >= 11 is 0.964. The molecule has 0 bridgehead atoms. The average molecular weight is 287 g/mol. The van der Waals surface area contributed by atoms with E-state index in [2.05, 4.69) is 4.98 Å². The van der Waals surface area contributed by atoms with Crippen LogP contribution < -0.4 is 0 Å². The lowest BCUT2D eigenvalue weighted by Gasteiger charge is -2.10. The van der Waals surface area contributed by atoms with Gasteiger partial charge in [0.05, 0.1) is 11.3 Å². The molecule has 0 aliphatic carbocycles. The SMILES string of the molecule is Cc1coc(Sc2ccc(C=O)c(C(F)(F)F)c2)n1. The zero-order chi connectivity index (χ0) is 14.0. The third kappa shape index (κ3) is 3.17. The molecule has 7 heteroatoms. The maximum Gasteiger partial charge on any atom is 0.417 e. The number of hydrogen-bond acceptors (Lipinski definition) is 4. The van der Waals surface area contributed by atoms with E-state index in [-0.39, 0.29) is 17.1 Å². The molecule has 1 aromatic carbocycles. The Kier molecular flexibility index (Phi) is 3.66. The molecule has 0 spiro atoms. The van der Waals surface area contributed by atoms with Crippen molar-refractivity contribution in [1.82, 2.24) is 4.98 Å². The zero-order valence-corrected chi connectivity index (χ0v) is 10.5. The summed E-state index contributed by atoms with van der Waals surface area (Å²) in [4.78, 5) is 14.9. The van der Waals surface area contributed by atoms with E-state index >= 15 is 0 Å². The van der Waals surface area contributed by atoms with E-state index < -0.39 is 11.7 Å². The summed E-state index contributed by atoms with van der Waals surface area (Å²) in [6, 6.07) is 3.46. The number of aldehydes is 1. The number of benzene rings is 1. The van der Waals surface area contributed by atoms with Crippen LogP contribution in [0.25, 0.3) is 0 Å².